The molecule has 1 fully saturated rings. The van der Waals surface area contributed by atoms with Gasteiger partial charge in [-0.2, -0.15) is 0 Å². The first kappa shape index (κ1) is 13.6. The number of nitrogens with one attached hydrogen (secondary N) is 2. The van der Waals surface area contributed by atoms with Gasteiger partial charge < -0.3 is 15.4 Å². The van der Waals surface area contributed by atoms with E-state index in [4.69, 9.17) is 16.3 Å². The molecule has 2 N–H and O–H groups in total. The molecule has 2 aliphatic heterocycles. The monoisotopic (exact) mass is 314 g/mol. The minimum absolute atomic E-state index is 0.0309. The highest BCUT2D eigenvalue weighted by Gasteiger charge is 2.23. The summed E-state index contributed by atoms with van der Waals surface area (Å²) in [7, 11) is 0. The second kappa shape index (κ2) is 5.30. The Balaban J connectivity index is 1.75. The van der Waals surface area contributed by atoms with Crippen LogP contribution in [0.3, 0.4) is 0 Å². The Kier molecular flexibility index (Phi) is 3.28. The molecule has 0 unspecified atom stereocenters. The molecule has 0 saturated carbocycles. The van der Waals surface area contributed by atoms with Crippen molar-refractivity contribution in [2.45, 2.75) is 12.5 Å². The standard InChI is InChI=1S/C17H15ClN2O2/c18-13-2-1-3-15(22-12-8-19-9-12)17(13)10-4-5-14-11(6-10)7-16(21)20-14/h1-6,12,19H,7-9H2,(H,20,21). The molecular weight excluding hydrogens is 300 g/mol. The van der Waals surface area contributed by atoms with Gasteiger partial charge in [-0.15, -0.1) is 0 Å². The predicted molar refractivity (Wildman–Crippen MR) is 86.5 cm³/mol. The van der Waals surface area contributed by atoms with Crippen molar-refractivity contribution in [2.75, 3.05) is 18.4 Å². The largest absolute Gasteiger partial charge is 0.487 e. The van der Waals surface area contributed by atoms with Crippen LogP contribution in [0.5, 0.6) is 5.75 Å². The van der Waals surface area contributed by atoms with E-state index in [9.17, 15) is 4.79 Å². The average Bonchev–Trinajstić information content (AvgIpc) is 2.82. The van der Waals surface area contributed by atoms with Gasteiger partial charge in [0, 0.05) is 24.3 Å². The zero-order valence-electron chi connectivity index (χ0n) is 11.9. The van der Waals surface area contributed by atoms with Gasteiger partial charge >= 0.3 is 0 Å². The van der Waals surface area contributed by atoms with Crippen LogP contribution in [0.2, 0.25) is 5.02 Å². The summed E-state index contributed by atoms with van der Waals surface area (Å²) >= 11 is 6.41. The number of hydrogen-bond acceptors (Lipinski definition) is 3. The van der Waals surface area contributed by atoms with Crippen LogP contribution in [0.4, 0.5) is 5.69 Å². The molecule has 2 aromatic rings. The van der Waals surface area contributed by atoms with E-state index in [1.807, 2.05) is 36.4 Å². The molecule has 0 radical (unpaired) electrons. The zero-order chi connectivity index (χ0) is 15.1. The van der Waals surface area contributed by atoms with Crippen LogP contribution in [-0.4, -0.2) is 25.1 Å². The van der Waals surface area contributed by atoms with E-state index in [1.165, 1.54) is 0 Å². The lowest BCUT2D eigenvalue weighted by Crippen LogP contribution is -2.50. The Bertz CT molecular complexity index is 756. The van der Waals surface area contributed by atoms with Crippen LogP contribution in [0.15, 0.2) is 36.4 Å². The van der Waals surface area contributed by atoms with Crippen LogP contribution in [-0.2, 0) is 11.2 Å². The molecular formula is C17H15ClN2O2. The fourth-order valence-corrected chi connectivity index (χ4v) is 3.07. The number of halogens is 1. The second-order valence-electron chi connectivity index (χ2n) is 5.61. The Morgan fingerprint density at radius 3 is 2.82 bits per heavy atom. The van der Waals surface area contributed by atoms with Crippen molar-refractivity contribution < 1.29 is 9.53 Å². The summed E-state index contributed by atoms with van der Waals surface area (Å²) in [6.45, 7) is 1.71. The summed E-state index contributed by atoms with van der Waals surface area (Å²) in [5, 5.41) is 6.69. The first-order chi connectivity index (χ1) is 10.7. The molecule has 0 bridgehead atoms. The molecule has 2 aliphatic rings. The van der Waals surface area contributed by atoms with Crippen LogP contribution in [0.1, 0.15) is 5.56 Å². The zero-order valence-corrected chi connectivity index (χ0v) is 12.6. The van der Waals surface area contributed by atoms with Crippen molar-refractivity contribution in [1.29, 1.82) is 0 Å². The van der Waals surface area contributed by atoms with E-state index in [1.54, 1.807) is 0 Å². The maximum absolute atomic E-state index is 11.5. The number of anilines is 1. The highest BCUT2D eigenvalue weighted by molar-refractivity contribution is 6.33. The lowest BCUT2D eigenvalue weighted by atomic mass is 10.0. The Hall–Kier alpha value is -2.04. The second-order valence-corrected chi connectivity index (χ2v) is 6.02. The highest BCUT2D eigenvalue weighted by atomic mass is 35.5. The number of benzene rings is 2. The number of amides is 1. The van der Waals surface area contributed by atoms with Gasteiger partial charge in [0.25, 0.3) is 0 Å². The van der Waals surface area contributed by atoms with E-state index < -0.39 is 0 Å². The summed E-state index contributed by atoms with van der Waals surface area (Å²) in [5.41, 5.74) is 3.74. The van der Waals surface area contributed by atoms with Crippen LogP contribution >= 0.6 is 11.6 Å². The van der Waals surface area contributed by atoms with Crippen molar-refractivity contribution in [3.05, 3.63) is 47.0 Å². The molecule has 0 aromatic heterocycles. The molecule has 112 valence electrons. The van der Waals surface area contributed by atoms with E-state index >= 15 is 0 Å². The molecule has 1 saturated heterocycles. The van der Waals surface area contributed by atoms with Gasteiger partial charge in [0.15, 0.2) is 0 Å². The lowest BCUT2D eigenvalue weighted by molar-refractivity contribution is -0.115. The third-order valence-electron chi connectivity index (χ3n) is 4.03. The molecule has 1 amide bonds. The average molecular weight is 315 g/mol. The molecule has 2 aromatic carbocycles. The van der Waals surface area contributed by atoms with Gasteiger partial charge in [-0.1, -0.05) is 23.7 Å². The van der Waals surface area contributed by atoms with Gasteiger partial charge in [-0.05, 0) is 35.4 Å². The molecule has 2 heterocycles. The van der Waals surface area contributed by atoms with Gasteiger partial charge in [0.1, 0.15) is 11.9 Å². The molecule has 0 spiro atoms. The normalized spacial score (nSPS) is 16.9. The molecule has 5 heteroatoms. The summed E-state index contributed by atoms with van der Waals surface area (Å²) < 4.78 is 6.03. The number of rotatable bonds is 3. The smallest absolute Gasteiger partial charge is 0.228 e. The van der Waals surface area contributed by atoms with E-state index in [0.29, 0.717) is 11.4 Å². The maximum atomic E-state index is 11.5. The van der Waals surface area contributed by atoms with E-state index in [-0.39, 0.29) is 12.0 Å². The number of carbonyl (C=O) groups is 1. The van der Waals surface area contributed by atoms with E-state index in [2.05, 4.69) is 10.6 Å². The molecule has 0 aliphatic carbocycles. The number of hydrogen-bond donors (Lipinski definition) is 2. The topological polar surface area (TPSA) is 50.4 Å². The lowest BCUT2D eigenvalue weighted by Gasteiger charge is -2.29. The summed E-state index contributed by atoms with van der Waals surface area (Å²) in [4.78, 5) is 11.5. The fraction of sp³-hybridized carbons (Fsp3) is 0.235. The molecule has 4 rings (SSSR count). The third kappa shape index (κ3) is 2.34. The Labute approximate surface area is 133 Å². The number of carbonyl (C=O) groups excluding carboxylic acids is 1. The Morgan fingerprint density at radius 2 is 2.05 bits per heavy atom. The molecule has 22 heavy (non-hydrogen) atoms. The Morgan fingerprint density at radius 1 is 1.18 bits per heavy atom. The van der Waals surface area contributed by atoms with Gasteiger partial charge in [0.2, 0.25) is 5.91 Å². The van der Waals surface area contributed by atoms with Gasteiger partial charge in [-0.25, -0.2) is 0 Å². The van der Waals surface area contributed by atoms with Crippen LogP contribution in [0, 0.1) is 0 Å². The van der Waals surface area contributed by atoms with Crippen LogP contribution < -0.4 is 15.4 Å². The number of ether oxygens (including phenoxy) is 1. The maximum Gasteiger partial charge on any atom is 0.228 e. The van der Waals surface area contributed by atoms with Gasteiger partial charge in [0.05, 0.1) is 11.4 Å². The molecule has 0 atom stereocenters. The first-order valence-corrected chi connectivity index (χ1v) is 7.67. The van der Waals surface area contributed by atoms with Crippen molar-refractivity contribution in [1.82, 2.24) is 5.32 Å². The van der Waals surface area contributed by atoms with Crippen molar-refractivity contribution in [2.24, 2.45) is 0 Å². The SMILES string of the molecule is O=C1Cc2cc(-c3c(Cl)cccc3OC3CNC3)ccc2N1. The van der Waals surface area contributed by atoms with Gasteiger partial charge in [-0.3, -0.25) is 4.79 Å². The molecule has 4 nitrogen and oxygen atoms in total. The third-order valence-corrected chi connectivity index (χ3v) is 4.35. The van der Waals surface area contributed by atoms with Crippen molar-refractivity contribution >= 4 is 23.2 Å². The predicted octanol–water partition coefficient (Wildman–Crippen LogP) is 2.85. The van der Waals surface area contributed by atoms with E-state index in [0.717, 1.165) is 41.2 Å². The summed E-state index contributed by atoms with van der Waals surface area (Å²) in [5.74, 6) is 0.819. The first-order valence-electron chi connectivity index (χ1n) is 7.30. The highest BCUT2D eigenvalue weighted by Crippen LogP contribution is 2.39. The minimum Gasteiger partial charge on any atom is -0.487 e. The summed E-state index contributed by atoms with van der Waals surface area (Å²) in [6, 6.07) is 11.6. The summed E-state index contributed by atoms with van der Waals surface area (Å²) in [6.07, 6.45) is 0.603. The quantitative estimate of drug-likeness (QED) is 0.916. The van der Waals surface area contributed by atoms with Crippen molar-refractivity contribution in [3.63, 3.8) is 0 Å². The fourth-order valence-electron chi connectivity index (χ4n) is 2.79. The van der Waals surface area contributed by atoms with Crippen LogP contribution in [0.25, 0.3) is 11.1 Å². The van der Waals surface area contributed by atoms with Crippen molar-refractivity contribution in [3.8, 4) is 16.9 Å². The number of fused-ring (bicyclic) bond motifs is 1. The minimum atomic E-state index is 0.0309.